The predicted molar refractivity (Wildman–Crippen MR) is 52.3 cm³/mol. The lowest BCUT2D eigenvalue weighted by atomic mass is 9.93. The zero-order chi connectivity index (χ0) is 10.8. The molecule has 0 unspecified atom stereocenters. The van der Waals surface area contributed by atoms with E-state index < -0.39 is 6.08 Å². The molecule has 0 amide bonds. The zero-order valence-electron chi connectivity index (χ0n) is 9.07. The molecule has 0 atom stereocenters. The van der Waals surface area contributed by atoms with Crippen LogP contribution in [-0.4, -0.2) is 11.7 Å². The van der Waals surface area contributed by atoms with Crippen molar-refractivity contribution in [2.45, 2.75) is 58.2 Å². The van der Waals surface area contributed by atoms with Gasteiger partial charge in [-0.25, -0.2) is 0 Å². The highest BCUT2D eigenvalue weighted by atomic mass is 19.3. The van der Waals surface area contributed by atoms with Crippen LogP contribution in [0.3, 0.4) is 0 Å². The van der Waals surface area contributed by atoms with Crippen molar-refractivity contribution in [1.82, 2.24) is 0 Å². The molecule has 14 heavy (non-hydrogen) atoms. The summed E-state index contributed by atoms with van der Waals surface area (Å²) < 4.78 is 30.2. The monoisotopic (exact) mass is 204 g/mol. The summed E-state index contributed by atoms with van der Waals surface area (Å²) in [6.45, 7) is 5.98. The maximum atomic E-state index is 12.2. The van der Waals surface area contributed by atoms with Gasteiger partial charge in [0, 0.05) is 0 Å². The van der Waals surface area contributed by atoms with E-state index in [0.29, 0.717) is 18.4 Å². The first-order chi connectivity index (χ1) is 6.38. The third kappa shape index (κ3) is 3.74. The maximum absolute atomic E-state index is 12.2. The maximum Gasteiger partial charge on any atom is 0.269 e. The van der Waals surface area contributed by atoms with Gasteiger partial charge in [0.15, 0.2) is 0 Å². The summed E-state index contributed by atoms with van der Waals surface area (Å²) in [5, 5.41) is 0. The molecule has 1 aliphatic rings. The first-order valence-electron chi connectivity index (χ1n) is 5.09. The van der Waals surface area contributed by atoms with E-state index in [-0.39, 0.29) is 11.7 Å². The largest absolute Gasteiger partial charge is 0.373 e. The summed E-state index contributed by atoms with van der Waals surface area (Å²) in [5.74, 6) is 0. The quantitative estimate of drug-likeness (QED) is 0.629. The molecule has 1 saturated carbocycles. The second-order valence-electron chi connectivity index (χ2n) is 4.79. The molecular weight excluding hydrogens is 186 g/mol. The van der Waals surface area contributed by atoms with Crippen LogP contribution < -0.4 is 0 Å². The van der Waals surface area contributed by atoms with E-state index in [4.69, 9.17) is 4.74 Å². The molecule has 1 nitrogen and oxygen atoms in total. The number of hydrogen-bond acceptors (Lipinski definition) is 1. The lowest BCUT2D eigenvalue weighted by Gasteiger charge is -2.30. The Labute approximate surface area is 84.1 Å². The Hall–Kier alpha value is -0.440. The van der Waals surface area contributed by atoms with E-state index in [1.807, 2.05) is 20.8 Å². The highest BCUT2D eigenvalue weighted by Crippen LogP contribution is 2.30. The lowest BCUT2D eigenvalue weighted by molar-refractivity contribution is -0.0697. The number of ether oxygens (including phenoxy) is 1. The Morgan fingerprint density at radius 3 is 2.07 bits per heavy atom. The molecule has 3 heteroatoms. The van der Waals surface area contributed by atoms with E-state index in [9.17, 15) is 8.78 Å². The fourth-order valence-corrected chi connectivity index (χ4v) is 1.75. The molecule has 0 aromatic carbocycles. The summed E-state index contributed by atoms with van der Waals surface area (Å²) in [6.07, 6.45) is 1.09. The Morgan fingerprint density at radius 1 is 1.21 bits per heavy atom. The van der Waals surface area contributed by atoms with Crippen molar-refractivity contribution in [1.29, 1.82) is 0 Å². The van der Waals surface area contributed by atoms with Crippen LogP contribution in [0.1, 0.15) is 46.5 Å². The molecule has 1 rings (SSSR count). The van der Waals surface area contributed by atoms with Gasteiger partial charge in [-0.3, -0.25) is 0 Å². The minimum Gasteiger partial charge on any atom is -0.373 e. The molecule has 82 valence electrons. The Balaban J connectivity index is 2.41. The van der Waals surface area contributed by atoms with Crippen LogP contribution in [-0.2, 0) is 4.74 Å². The zero-order valence-corrected chi connectivity index (χ0v) is 9.07. The van der Waals surface area contributed by atoms with E-state index in [1.54, 1.807) is 0 Å². The van der Waals surface area contributed by atoms with Gasteiger partial charge < -0.3 is 4.74 Å². The molecule has 0 heterocycles. The van der Waals surface area contributed by atoms with Gasteiger partial charge in [0.05, 0.1) is 11.7 Å². The first-order valence-corrected chi connectivity index (χ1v) is 5.09. The van der Waals surface area contributed by atoms with Crippen molar-refractivity contribution in [3.63, 3.8) is 0 Å². The van der Waals surface area contributed by atoms with Gasteiger partial charge in [-0.2, -0.15) is 8.78 Å². The number of hydrogen-bond donors (Lipinski definition) is 0. The third-order valence-electron chi connectivity index (χ3n) is 2.32. The normalized spacial score (nSPS) is 23.8. The molecule has 0 aromatic rings. The number of rotatable bonds is 1. The van der Waals surface area contributed by atoms with Crippen molar-refractivity contribution in [2.75, 3.05) is 0 Å². The highest BCUT2D eigenvalue weighted by Gasteiger charge is 2.24. The highest BCUT2D eigenvalue weighted by molar-refractivity contribution is 5.06. The van der Waals surface area contributed by atoms with Gasteiger partial charge in [0.2, 0.25) is 0 Å². The molecule has 0 aliphatic heterocycles. The fourth-order valence-electron chi connectivity index (χ4n) is 1.75. The Bertz CT molecular complexity index is 214. The van der Waals surface area contributed by atoms with Gasteiger partial charge in [0.1, 0.15) is 0 Å². The van der Waals surface area contributed by atoms with Crippen LogP contribution in [0.2, 0.25) is 0 Å². The summed E-state index contributed by atoms with van der Waals surface area (Å²) >= 11 is 0. The molecule has 0 N–H and O–H groups in total. The van der Waals surface area contributed by atoms with Crippen molar-refractivity contribution in [3.8, 4) is 0 Å². The molecular formula is C11H18F2O. The van der Waals surface area contributed by atoms with Crippen LogP contribution in [0.25, 0.3) is 0 Å². The molecule has 0 bridgehead atoms. The topological polar surface area (TPSA) is 9.23 Å². The van der Waals surface area contributed by atoms with E-state index in [2.05, 4.69) is 0 Å². The summed E-state index contributed by atoms with van der Waals surface area (Å²) in [4.78, 5) is 0. The molecule has 1 fully saturated rings. The number of halogens is 2. The van der Waals surface area contributed by atoms with Gasteiger partial charge in [-0.05, 0) is 52.0 Å². The van der Waals surface area contributed by atoms with Gasteiger partial charge >= 0.3 is 0 Å². The summed E-state index contributed by atoms with van der Waals surface area (Å²) in [6, 6.07) is 0. The molecule has 0 spiro atoms. The van der Waals surface area contributed by atoms with Gasteiger partial charge in [0.25, 0.3) is 6.08 Å². The average Bonchev–Trinajstić information content (AvgIpc) is 2.02. The first kappa shape index (κ1) is 11.6. The second-order valence-corrected chi connectivity index (χ2v) is 4.79. The Kier molecular flexibility index (Phi) is 3.65. The predicted octanol–water partition coefficient (Wildman–Crippen LogP) is 3.89. The van der Waals surface area contributed by atoms with Crippen molar-refractivity contribution in [2.24, 2.45) is 0 Å². The van der Waals surface area contributed by atoms with Crippen molar-refractivity contribution < 1.29 is 13.5 Å². The van der Waals surface area contributed by atoms with E-state index >= 15 is 0 Å². The summed E-state index contributed by atoms with van der Waals surface area (Å²) in [5.41, 5.74) is 0.152. The smallest absolute Gasteiger partial charge is 0.269 e. The minimum atomic E-state index is -1.49. The summed E-state index contributed by atoms with van der Waals surface area (Å²) in [7, 11) is 0. The van der Waals surface area contributed by atoms with Crippen LogP contribution >= 0.6 is 0 Å². The fraction of sp³-hybridized carbons (Fsp3) is 0.818. The van der Waals surface area contributed by atoms with Crippen LogP contribution in [0.15, 0.2) is 11.7 Å². The van der Waals surface area contributed by atoms with Gasteiger partial charge in [-0.1, -0.05) is 0 Å². The molecule has 0 aromatic heterocycles. The van der Waals surface area contributed by atoms with Crippen molar-refractivity contribution >= 4 is 0 Å². The third-order valence-corrected chi connectivity index (χ3v) is 2.32. The van der Waals surface area contributed by atoms with Gasteiger partial charge in [-0.15, -0.1) is 0 Å². The van der Waals surface area contributed by atoms with E-state index in [1.165, 1.54) is 0 Å². The van der Waals surface area contributed by atoms with Crippen LogP contribution in [0.4, 0.5) is 8.78 Å². The molecule has 0 saturated heterocycles. The standard InChI is InChI=1S/C11H18F2O/c1-11(2,3)14-9-6-4-8(5-7-9)10(12)13/h9H,4-7H2,1-3H3. The minimum absolute atomic E-state index is 0.151. The average molecular weight is 204 g/mol. The van der Waals surface area contributed by atoms with Crippen LogP contribution in [0, 0.1) is 0 Å². The SMILES string of the molecule is CC(C)(C)OC1CCC(=C(F)F)CC1. The van der Waals surface area contributed by atoms with Crippen molar-refractivity contribution in [3.05, 3.63) is 11.7 Å². The van der Waals surface area contributed by atoms with Crippen LogP contribution in [0.5, 0.6) is 0 Å². The van der Waals surface area contributed by atoms with E-state index in [0.717, 1.165) is 12.8 Å². The number of allylic oxidation sites excluding steroid dienone is 1. The molecule has 1 aliphatic carbocycles. The second kappa shape index (κ2) is 4.39. The Morgan fingerprint density at radius 2 is 1.71 bits per heavy atom. The molecule has 0 radical (unpaired) electrons. The lowest BCUT2D eigenvalue weighted by Crippen LogP contribution is -2.29.